The highest BCUT2D eigenvalue weighted by atomic mass is 35.5. The molecule has 2 aromatic heterocycles. The molecule has 176 valence electrons. The van der Waals surface area contributed by atoms with Crippen LogP contribution >= 0.6 is 11.6 Å². The van der Waals surface area contributed by atoms with E-state index in [2.05, 4.69) is 15.5 Å². The van der Waals surface area contributed by atoms with Gasteiger partial charge in [-0.3, -0.25) is 9.48 Å². The lowest BCUT2D eigenvalue weighted by Crippen LogP contribution is -2.14. The number of nitrogens with zero attached hydrogens (tertiary/aromatic N) is 4. The number of nitrogens with one attached hydrogen (secondary N) is 1. The molecule has 0 aliphatic rings. The second kappa shape index (κ2) is 9.60. The zero-order chi connectivity index (χ0) is 24.3. The van der Waals surface area contributed by atoms with Gasteiger partial charge in [0.1, 0.15) is 5.75 Å². The third kappa shape index (κ3) is 5.76. The Morgan fingerprint density at radius 2 is 1.97 bits per heavy atom. The molecule has 0 saturated heterocycles. The van der Waals surface area contributed by atoms with E-state index >= 15 is 0 Å². The van der Waals surface area contributed by atoms with Crippen LogP contribution in [0.5, 0.6) is 5.75 Å². The first-order valence-electron chi connectivity index (χ1n) is 10.1. The molecule has 0 saturated carbocycles. The van der Waals surface area contributed by atoms with Crippen molar-refractivity contribution in [1.82, 2.24) is 19.6 Å². The summed E-state index contributed by atoms with van der Waals surface area (Å²) in [6.45, 7) is 2.09. The number of hydrogen-bond donors (Lipinski definition) is 1. The largest absolute Gasteiger partial charge is 0.471 e. The maximum Gasteiger partial charge on any atom is 0.416 e. The molecule has 0 bridgehead atoms. The third-order valence-corrected chi connectivity index (χ3v) is 5.09. The number of halogens is 4. The van der Waals surface area contributed by atoms with E-state index in [4.69, 9.17) is 16.3 Å². The average Bonchev–Trinajstić information content (AvgIpc) is 3.42. The number of aromatic nitrogens is 4. The summed E-state index contributed by atoms with van der Waals surface area (Å²) in [4.78, 5) is 12.5. The van der Waals surface area contributed by atoms with Crippen molar-refractivity contribution in [3.05, 3.63) is 94.5 Å². The number of benzene rings is 2. The van der Waals surface area contributed by atoms with Crippen molar-refractivity contribution in [1.29, 1.82) is 0 Å². The minimum atomic E-state index is -4.42. The monoisotopic (exact) mass is 489 g/mol. The Bertz CT molecular complexity index is 1320. The number of amides is 1. The fourth-order valence-corrected chi connectivity index (χ4v) is 3.43. The fraction of sp³-hybridized carbons (Fsp3) is 0.174. The molecule has 0 aliphatic heterocycles. The highest BCUT2D eigenvalue weighted by molar-refractivity contribution is 6.30. The molecule has 11 heteroatoms. The van der Waals surface area contributed by atoms with E-state index in [9.17, 15) is 18.0 Å². The number of anilines is 1. The Morgan fingerprint density at radius 3 is 2.74 bits per heavy atom. The van der Waals surface area contributed by atoms with Gasteiger partial charge in [-0.15, -0.1) is 0 Å². The first-order valence-corrected chi connectivity index (χ1v) is 10.5. The summed E-state index contributed by atoms with van der Waals surface area (Å²) in [5, 5.41) is 11.6. The highest BCUT2D eigenvalue weighted by Crippen LogP contribution is 2.29. The molecule has 2 heterocycles. The molecule has 0 spiro atoms. The van der Waals surface area contributed by atoms with Gasteiger partial charge >= 0.3 is 6.18 Å². The average molecular weight is 490 g/mol. The quantitative estimate of drug-likeness (QED) is 0.377. The van der Waals surface area contributed by atoms with E-state index in [-0.39, 0.29) is 19.0 Å². The van der Waals surface area contributed by atoms with Crippen LogP contribution < -0.4 is 10.1 Å². The van der Waals surface area contributed by atoms with Crippen molar-refractivity contribution < 1.29 is 22.7 Å². The summed E-state index contributed by atoms with van der Waals surface area (Å²) >= 11 is 5.94. The van der Waals surface area contributed by atoms with Crippen LogP contribution in [-0.2, 0) is 19.5 Å². The SMILES string of the molecule is Cc1cc(Cl)ccc1OCn1ccc(C(=O)Nc2cnn(Cc3cccc(C(F)(F)F)c3)c2)n1. The Labute approximate surface area is 197 Å². The maximum atomic E-state index is 12.9. The molecule has 1 N–H and O–H groups in total. The van der Waals surface area contributed by atoms with Gasteiger partial charge in [-0.2, -0.15) is 23.4 Å². The van der Waals surface area contributed by atoms with E-state index in [0.29, 0.717) is 22.0 Å². The standard InChI is InChI=1S/C23H19ClF3N5O2/c1-15-9-18(24)5-6-21(15)34-14-31-8-7-20(30-31)22(33)29-19-11-28-32(13-19)12-16-3-2-4-17(10-16)23(25,26)27/h2-11,13H,12,14H2,1H3,(H,29,33). The molecule has 7 nitrogen and oxygen atoms in total. The van der Waals surface area contributed by atoms with Gasteiger partial charge in [-0.1, -0.05) is 23.7 Å². The fourth-order valence-electron chi connectivity index (χ4n) is 3.21. The zero-order valence-corrected chi connectivity index (χ0v) is 18.6. The minimum absolute atomic E-state index is 0.102. The Hall–Kier alpha value is -3.79. The first kappa shape index (κ1) is 23.4. The third-order valence-electron chi connectivity index (χ3n) is 4.85. The molecule has 2 aromatic carbocycles. The van der Waals surface area contributed by atoms with Gasteiger partial charge in [0.15, 0.2) is 12.4 Å². The maximum absolute atomic E-state index is 12.9. The van der Waals surface area contributed by atoms with Crippen LogP contribution in [-0.4, -0.2) is 25.5 Å². The van der Waals surface area contributed by atoms with Crippen molar-refractivity contribution in [2.24, 2.45) is 0 Å². The molecule has 4 aromatic rings. The van der Waals surface area contributed by atoms with Gasteiger partial charge < -0.3 is 10.1 Å². The van der Waals surface area contributed by atoms with Crippen LogP contribution in [0.4, 0.5) is 18.9 Å². The van der Waals surface area contributed by atoms with Gasteiger partial charge in [0.05, 0.1) is 24.0 Å². The van der Waals surface area contributed by atoms with Gasteiger partial charge in [0, 0.05) is 17.4 Å². The number of carbonyl (C=O) groups excluding carboxylic acids is 1. The lowest BCUT2D eigenvalue weighted by atomic mass is 10.1. The number of aryl methyl sites for hydroxylation is 1. The predicted molar refractivity (Wildman–Crippen MR) is 120 cm³/mol. The minimum Gasteiger partial charge on any atom is -0.471 e. The van der Waals surface area contributed by atoms with Gasteiger partial charge in [0.2, 0.25) is 0 Å². The smallest absolute Gasteiger partial charge is 0.416 e. The number of hydrogen-bond acceptors (Lipinski definition) is 4. The number of alkyl halides is 3. The van der Waals surface area contributed by atoms with Crippen molar-refractivity contribution >= 4 is 23.2 Å². The molecule has 34 heavy (non-hydrogen) atoms. The van der Waals surface area contributed by atoms with E-state index in [1.807, 2.05) is 6.92 Å². The van der Waals surface area contributed by atoms with Gasteiger partial charge in [0.25, 0.3) is 5.91 Å². The Balaban J connectivity index is 1.35. The lowest BCUT2D eigenvalue weighted by Gasteiger charge is -2.09. The van der Waals surface area contributed by atoms with Crippen LogP contribution in [0.15, 0.2) is 67.1 Å². The summed E-state index contributed by atoms with van der Waals surface area (Å²) in [5.74, 6) is 0.194. The molecule has 0 fully saturated rings. The summed E-state index contributed by atoms with van der Waals surface area (Å²) in [5.41, 5.74) is 1.14. The van der Waals surface area contributed by atoms with Gasteiger partial charge in [-0.25, -0.2) is 4.68 Å². The molecule has 0 aliphatic carbocycles. The van der Waals surface area contributed by atoms with Crippen molar-refractivity contribution in [2.45, 2.75) is 26.4 Å². The van der Waals surface area contributed by atoms with Gasteiger partial charge in [-0.05, 0) is 54.4 Å². The number of carbonyl (C=O) groups is 1. The molecule has 1 amide bonds. The van der Waals surface area contributed by atoms with Crippen LogP contribution in [0.1, 0.15) is 27.2 Å². The van der Waals surface area contributed by atoms with E-state index in [0.717, 1.165) is 17.7 Å². The topological polar surface area (TPSA) is 74.0 Å². The molecule has 0 radical (unpaired) electrons. The molecular formula is C23H19ClF3N5O2. The summed E-state index contributed by atoms with van der Waals surface area (Å²) in [6.07, 6.45) is 0.134. The van der Waals surface area contributed by atoms with E-state index in [1.165, 1.54) is 27.8 Å². The summed E-state index contributed by atoms with van der Waals surface area (Å²) in [7, 11) is 0. The van der Waals surface area contributed by atoms with Crippen LogP contribution in [0.3, 0.4) is 0 Å². The van der Waals surface area contributed by atoms with Crippen LogP contribution in [0.2, 0.25) is 5.02 Å². The summed E-state index contributed by atoms with van der Waals surface area (Å²) in [6, 6.07) is 11.8. The molecule has 4 rings (SSSR count). The summed E-state index contributed by atoms with van der Waals surface area (Å²) < 4.78 is 47.3. The first-order chi connectivity index (χ1) is 16.2. The predicted octanol–water partition coefficient (Wildman–Crippen LogP) is 5.40. The highest BCUT2D eigenvalue weighted by Gasteiger charge is 2.30. The van der Waals surface area contributed by atoms with Crippen molar-refractivity contribution in [2.75, 3.05) is 5.32 Å². The lowest BCUT2D eigenvalue weighted by molar-refractivity contribution is -0.137. The second-order valence-electron chi connectivity index (χ2n) is 7.50. The van der Waals surface area contributed by atoms with E-state index in [1.54, 1.807) is 36.5 Å². The van der Waals surface area contributed by atoms with Crippen LogP contribution in [0.25, 0.3) is 0 Å². The Kier molecular flexibility index (Phi) is 6.60. The number of ether oxygens (including phenoxy) is 1. The second-order valence-corrected chi connectivity index (χ2v) is 7.94. The number of rotatable bonds is 7. The molecular weight excluding hydrogens is 471 g/mol. The molecule has 0 unspecified atom stereocenters. The van der Waals surface area contributed by atoms with Crippen molar-refractivity contribution in [3.63, 3.8) is 0 Å². The molecule has 0 atom stereocenters. The van der Waals surface area contributed by atoms with Crippen molar-refractivity contribution in [3.8, 4) is 5.75 Å². The Morgan fingerprint density at radius 1 is 1.15 bits per heavy atom. The van der Waals surface area contributed by atoms with E-state index < -0.39 is 17.6 Å². The normalized spacial score (nSPS) is 11.4. The zero-order valence-electron chi connectivity index (χ0n) is 17.9. The van der Waals surface area contributed by atoms with Crippen LogP contribution in [0, 0.1) is 6.92 Å².